The number of carbonyl (C=O) groups excluding carboxylic acids is 2. The summed E-state index contributed by atoms with van der Waals surface area (Å²) in [6.07, 6.45) is 0.829. The van der Waals surface area contributed by atoms with Gasteiger partial charge in [-0.05, 0) is 31.5 Å². The van der Waals surface area contributed by atoms with E-state index >= 15 is 0 Å². The molecule has 9 nitrogen and oxygen atoms in total. The molecule has 0 aliphatic heterocycles. The fourth-order valence-electron chi connectivity index (χ4n) is 2.63. The molecule has 0 bridgehead atoms. The van der Waals surface area contributed by atoms with E-state index in [0.29, 0.717) is 17.8 Å². The summed E-state index contributed by atoms with van der Waals surface area (Å²) in [7, 11) is 1.38. The zero-order valence-corrected chi connectivity index (χ0v) is 17.1. The lowest BCUT2D eigenvalue weighted by atomic mass is 10.1. The van der Waals surface area contributed by atoms with Gasteiger partial charge in [0.1, 0.15) is 5.75 Å². The molecule has 160 valence electrons. The number of hydrogen-bond donors (Lipinski definition) is 2. The molecule has 2 rings (SSSR count). The third-order valence-corrected chi connectivity index (χ3v) is 4.30. The minimum Gasteiger partial charge on any atom is -0.495 e. The van der Waals surface area contributed by atoms with Crippen molar-refractivity contribution in [3.63, 3.8) is 0 Å². The summed E-state index contributed by atoms with van der Waals surface area (Å²) < 4.78 is 10.4. The normalized spacial score (nSPS) is 11.3. The van der Waals surface area contributed by atoms with Crippen LogP contribution in [-0.2, 0) is 9.53 Å². The van der Waals surface area contributed by atoms with Gasteiger partial charge in [-0.15, -0.1) is 0 Å². The molecule has 1 atom stereocenters. The Bertz CT molecular complexity index is 915. The van der Waals surface area contributed by atoms with Crippen molar-refractivity contribution in [2.45, 2.75) is 32.8 Å². The lowest BCUT2D eigenvalue weighted by Gasteiger charge is -2.16. The van der Waals surface area contributed by atoms with Gasteiger partial charge in [-0.2, -0.15) is 0 Å². The van der Waals surface area contributed by atoms with E-state index in [4.69, 9.17) is 9.47 Å². The first kappa shape index (κ1) is 22.7. The molecule has 0 aliphatic rings. The third kappa shape index (κ3) is 5.94. The Morgan fingerprint density at radius 3 is 2.57 bits per heavy atom. The van der Waals surface area contributed by atoms with Crippen LogP contribution in [0.2, 0.25) is 0 Å². The minimum absolute atomic E-state index is 0.112. The van der Waals surface area contributed by atoms with Crippen molar-refractivity contribution >= 4 is 28.9 Å². The highest BCUT2D eigenvalue weighted by Crippen LogP contribution is 2.29. The number of esters is 1. The molecule has 0 saturated carbocycles. The van der Waals surface area contributed by atoms with E-state index in [1.54, 1.807) is 24.3 Å². The molecule has 0 unspecified atom stereocenters. The summed E-state index contributed by atoms with van der Waals surface area (Å²) in [6.45, 7) is 4.20. The zero-order chi connectivity index (χ0) is 22.1. The molecule has 1 amide bonds. The summed E-state index contributed by atoms with van der Waals surface area (Å²) in [4.78, 5) is 35.5. The molecule has 2 aromatic carbocycles. The van der Waals surface area contributed by atoms with Crippen LogP contribution in [0.5, 0.6) is 5.75 Å². The number of carbonyl (C=O) groups is 2. The van der Waals surface area contributed by atoms with E-state index < -0.39 is 22.9 Å². The van der Waals surface area contributed by atoms with Gasteiger partial charge in [0, 0.05) is 24.4 Å². The first-order valence-corrected chi connectivity index (χ1v) is 9.54. The van der Waals surface area contributed by atoms with Crippen molar-refractivity contribution in [3.8, 4) is 5.75 Å². The van der Waals surface area contributed by atoms with Crippen molar-refractivity contribution in [2.75, 3.05) is 24.3 Å². The fourth-order valence-corrected chi connectivity index (χ4v) is 2.63. The predicted molar refractivity (Wildman–Crippen MR) is 113 cm³/mol. The summed E-state index contributed by atoms with van der Waals surface area (Å²) >= 11 is 0. The number of amides is 1. The van der Waals surface area contributed by atoms with Gasteiger partial charge in [0.05, 0.1) is 23.3 Å². The number of nitrogens with zero attached hydrogens (tertiary/aromatic N) is 1. The highest BCUT2D eigenvalue weighted by Gasteiger charge is 2.22. The number of rotatable bonds is 10. The predicted octanol–water partition coefficient (Wildman–Crippen LogP) is 4.00. The number of unbranched alkanes of at least 4 members (excludes halogenated alkanes) is 1. The van der Waals surface area contributed by atoms with Crippen LogP contribution in [0.25, 0.3) is 0 Å². The largest absolute Gasteiger partial charge is 0.495 e. The van der Waals surface area contributed by atoms with E-state index in [9.17, 15) is 19.7 Å². The summed E-state index contributed by atoms with van der Waals surface area (Å²) in [6, 6.07) is 10.7. The number of nitro benzene ring substituents is 1. The van der Waals surface area contributed by atoms with Gasteiger partial charge in [-0.25, -0.2) is 4.79 Å². The van der Waals surface area contributed by atoms with Crippen LogP contribution >= 0.6 is 0 Å². The number of hydrogen-bond acceptors (Lipinski definition) is 7. The van der Waals surface area contributed by atoms with E-state index in [-0.39, 0.29) is 17.1 Å². The van der Waals surface area contributed by atoms with Gasteiger partial charge in [0.2, 0.25) is 0 Å². The number of nitrogens with one attached hydrogen (secondary N) is 2. The van der Waals surface area contributed by atoms with Crippen LogP contribution in [0.1, 0.15) is 37.0 Å². The number of anilines is 2. The molecule has 0 spiro atoms. The lowest BCUT2D eigenvalue weighted by Crippen LogP contribution is -2.30. The number of ether oxygens (including phenoxy) is 2. The standard InChI is InChI=1S/C21H25N3O6/c1-4-5-12-22-17-9-7-6-8-16(17)21(26)30-14(2)20(25)23-18-13-15(24(27)28)10-11-19(18)29-3/h6-11,13-14,22H,4-5,12H2,1-3H3,(H,23,25)/t14-/m1/s1. The quantitative estimate of drug-likeness (QED) is 0.260. The molecular weight excluding hydrogens is 390 g/mol. The molecule has 0 fully saturated rings. The van der Waals surface area contributed by atoms with Crippen molar-refractivity contribution in [1.82, 2.24) is 0 Å². The van der Waals surface area contributed by atoms with Gasteiger partial charge in [0.15, 0.2) is 6.10 Å². The Morgan fingerprint density at radius 1 is 1.17 bits per heavy atom. The van der Waals surface area contributed by atoms with Gasteiger partial charge in [-0.3, -0.25) is 14.9 Å². The van der Waals surface area contributed by atoms with Crippen molar-refractivity contribution in [1.29, 1.82) is 0 Å². The Labute approximate surface area is 174 Å². The van der Waals surface area contributed by atoms with Crippen molar-refractivity contribution < 1.29 is 24.0 Å². The summed E-state index contributed by atoms with van der Waals surface area (Å²) in [5, 5.41) is 16.7. The van der Waals surface area contributed by atoms with E-state index in [2.05, 4.69) is 17.6 Å². The Morgan fingerprint density at radius 2 is 1.90 bits per heavy atom. The molecule has 0 aromatic heterocycles. The van der Waals surface area contributed by atoms with Crippen LogP contribution in [0.3, 0.4) is 0 Å². The minimum atomic E-state index is -1.13. The monoisotopic (exact) mass is 415 g/mol. The molecule has 30 heavy (non-hydrogen) atoms. The van der Waals surface area contributed by atoms with Gasteiger partial charge in [-0.1, -0.05) is 25.5 Å². The Kier molecular flexibility index (Phi) is 8.16. The van der Waals surface area contributed by atoms with E-state index in [1.165, 1.54) is 32.2 Å². The Balaban J connectivity index is 2.09. The average molecular weight is 415 g/mol. The molecule has 0 heterocycles. The zero-order valence-electron chi connectivity index (χ0n) is 17.1. The first-order chi connectivity index (χ1) is 14.4. The second kappa shape index (κ2) is 10.8. The van der Waals surface area contributed by atoms with Crippen LogP contribution in [0, 0.1) is 10.1 Å². The van der Waals surface area contributed by atoms with Crippen LogP contribution in [-0.4, -0.2) is 36.6 Å². The van der Waals surface area contributed by atoms with E-state index in [0.717, 1.165) is 12.8 Å². The second-order valence-electron chi connectivity index (χ2n) is 6.50. The van der Waals surface area contributed by atoms with Gasteiger partial charge >= 0.3 is 5.97 Å². The maximum atomic E-state index is 12.6. The number of benzene rings is 2. The molecule has 2 N–H and O–H groups in total. The molecular formula is C21H25N3O6. The lowest BCUT2D eigenvalue weighted by molar-refractivity contribution is -0.384. The summed E-state index contributed by atoms with van der Waals surface area (Å²) in [5.74, 6) is -1.04. The average Bonchev–Trinajstić information content (AvgIpc) is 2.74. The SMILES string of the molecule is CCCCNc1ccccc1C(=O)O[C@H](C)C(=O)Nc1cc([N+](=O)[O-])ccc1OC. The fraction of sp³-hybridized carbons (Fsp3) is 0.333. The molecule has 0 saturated heterocycles. The number of para-hydroxylation sites is 1. The Hall–Kier alpha value is -3.62. The molecule has 9 heteroatoms. The maximum Gasteiger partial charge on any atom is 0.341 e. The van der Waals surface area contributed by atoms with Crippen LogP contribution in [0.15, 0.2) is 42.5 Å². The topological polar surface area (TPSA) is 120 Å². The molecule has 0 aliphatic carbocycles. The highest BCUT2D eigenvalue weighted by molar-refractivity contribution is 6.00. The molecule has 0 radical (unpaired) electrons. The number of nitro groups is 1. The van der Waals surface area contributed by atoms with Crippen LogP contribution < -0.4 is 15.4 Å². The van der Waals surface area contributed by atoms with Gasteiger partial charge < -0.3 is 20.1 Å². The molecule has 2 aromatic rings. The van der Waals surface area contributed by atoms with Crippen molar-refractivity contribution in [2.24, 2.45) is 0 Å². The second-order valence-corrected chi connectivity index (χ2v) is 6.50. The van der Waals surface area contributed by atoms with Crippen LogP contribution in [0.4, 0.5) is 17.1 Å². The number of non-ortho nitro benzene ring substituents is 1. The van der Waals surface area contributed by atoms with E-state index in [1.807, 2.05) is 0 Å². The third-order valence-electron chi connectivity index (χ3n) is 4.30. The number of methoxy groups -OCH3 is 1. The first-order valence-electron chi connectivity index (χ1n) is 9.54. The van der Waals surface area contributed by atoms with Crippen molar-refractivity contribution in [3.05, 3.63) is 58.1 Å². The maximum absolute atomic E-state index is 12.6. The van der Waals surface area contributed by atoms with Gasteiger partial charge in [0.25, 0.3) is 11.6 Å². The highest BCUT2D eigenvalue weighted by atomic mass is 16.6. The smallest absolute Gasteiger partial charge is 0.341 e. The summed E-state index contributed by atoms with van der Waals surface area (Å²) in [5.41, 5.74) is 0.856.